The fourth-order valence-electron chi connectivity index (χ4n) is 3.82. The Kier molecular flexibility index (Phi) is 4.03. The summed E-state index contributed by atoms with van der Waals surface area (Å²) in [6, 6.07) is 24.6. The topological polar surface area (TPSA) is 26.0 Å². The highest BCUT2D eigenvalue weighted by Crippen LogP contribution is 2.36. The molecule has 2 nitrogen and oxygen atoms in total. The van der Waals surface area contributed by atoms with E-state index in [4.69, 9.17) is 28.9 Å². The maximum absolute atomic E-state index is 5.97. The van der Waals surface area contributed by atoms with E-state index in [-0.39, 0.29) is 0 Å². The van der Waals surface area contributed by atoms with Gasteiger partial charge < -0.3 is 4.42 Å². The van der Waals surface area contributed by atoms with Crippen molar-refractivity contribution < 1.29 is 4.42 Å². The summed E-state index contributed by atoms with van der Waals surface area (Å²) in [5.74, 6) is 0.828. The number of benzene rings is 3. The van der Waals surface area contributed by atoms with E-state index in [1.807, 2.05) is 54.6 Å². The third-order valence-electron chi connectivity index (χ3n) is 5.30. The number of thiocarbonyl (C=S) groups is 2. The molecule has 0 aliphatic heterocycles. The number of allylic oxidation sites excluding steroid dienone is 1. The molecule has 0 spiro atoms. The third kappa shape index (κ3) is 2.78. The number of furan rings is 1. The number of aromatic nitrogens is 1. The van der Waals surface area contributed by atoms with Crippen molar-refractivity contribution >= 4 is 72.8 Å². The molecule has 0 unspecified atom stereocenters. The quantitative estimate of drug-likeness (QED) is 0.214. The first-order valence-corrected chi connectivity index (χ1v) is 11.1. The minimum absolute atomic E-state index is 0.642. The summed E-state index contributed by atoms with van der Waals surface area (Å²) in [6.07, 6.45) is 2.00. The molecule has 1 aliphatic carbocycles. The van der Waals surface area contributed by atoms with Gasteiger partial charge >= 0.3 is 0 Å². The van der Waals surface area contributed by atoms with Crippen LogP contribution in [0, 0.1) is 0 Å². The molecular formula is C25H13NOS3. The van der Waals surface area contributed by atoms with Gasteiger partial charge in [-0.15, -0.1) is 11.3 Å². The average Bonchev–Trinajstić information content (AvgIpc) is 3.41. The van der Waals surface area contributed by atoms with Gasteiger partial charge in [0.1, 0.15) is 10.8 Å². The van der Waals surface area contributed by atoms with Crippen molar-refractivity contribution in [2.75, 3.05) is 0 Å². The van der Waals surface area contributed by atoms with Crippen LogP contribution < -0.4 is 0 Å². The van der Waals surface area contributed by atoms with Crippen LogP contribution in [0.1, 0.15) is 16.1 Å². The molecular weight excluding hydrogens is 426 g/mol. The first-order chi connectivity index (χ1) is 14.7. The second-order valence-electron chi connectivity index (χ2n) is 7.16. The minimum Gasteiger partial charge on any atom is -0.437 e. The van der Waals surface area contributed by atoms with Crippen LogP contribution in [0.25, 0.3) is 38.6 Å². The van der Waals surface area contributed by atoms with Crippen LogP contribution in [0.5, 0.6) is 0 Å². The van der Waals surface area contributed by atoms with Crippen molar-refractivity contribution in [2.45, 2.75) is 0 Å². The molecule has 0 bridgehead atoms. The predicted molar refractivity (Wildman–Crippen MR) is 133 cm³/mol. The van der Waals surface area contributed by atoms with Gasteiger partial charge in [-0.25, -0.2) is 4.98 Å². The molecule has 0 N–H and O–H groups in total. The summed E-state index contributed by atoms with van der Waals surface area (Å²) in [5, 5.41) is 3.19. The molecule has 0 saturated heterocycles. The molecule has 3 aromatic carbocycles. The standard InChI is InChI=1S/C25H13NOS3/c28-23-17-10-15-8-4-5-9-16(15)11-18(17)24(29)19(23)12-22-26-25-21(30-22)13-20(27-25)14-6-2-1-3-7-14/h1-13H. The number of thiazole rings is 1. The van der Waals surface area contributed by atoms with Gasteiger partial charge in [0, 0.05) is 28.3 Å². The molecule has 6 rings (SSSR count). The van der Waals surface area contributed by atoms with Crippen molar-refractivity contribution in [3.05, 3.63) is 94.5 Å². The van der Waals surface area contributed by atoms with E-state index in [2.05, 4.69) is 29.2 Å². The number of rotatable bonds is 2. The first-order valence-electron chi connectivity index (χ1n) is 9.47. The average molecular weight is 440 g/mol. The Morgan fingerprint density at radius 1 is 0.800 bits per heavy atom. The molecule has 5 heteroatoms. The van der Waals surface area contributed by atoms with Crippen molar-refractivity contribution in [1.29, 1.82) is 0 Å². The lowest BCUT2D eigenvalue weighted by Crippen LogP contribution is -1.97. The Balaban J connectivity index is 1.39. The van der Waals surface area contributed by atoms with Crippen LogP contribution in [0.3, 0.4) is 0 Å². The number of fused-ring (bicyclic) bond motifs is 3. The van der Waals surface area contributed by atoms with E-state index in [1.54, 1.807) is 11.3 Å². The lowest BCUT2D eigenvalue weighted by Gasteiger charge is -2.02. The molecule has 0 atom stereocenters. The molecule has 2 aromatic heterocycles. The SMILES string of the molecule is S=C1C(=Cc2nc3oc(-c4ccccc4)cc3s2)C(=S)c2cc3ccccc3cc21. The Bertz CT molecular complexity index is 1430. The highest BCUT2D eigenvalue weighted by Gasteiger charge is 2.27. The lowest BCUT2D eigenvalue weighted by atomic mass is 10.0. The van der Waals surface area contributed by atoms with Crippen LogP contribution >= 0.6 is 35.8 Å². The third-order valence-corrected chi connectivity index (χ3v) is 7.11. The minimum atomic E-state index is 0.642. The molecule has 0 radical (unpaired) electrons. The van der Waals surface area contributed by atoms with Crippen molar-refractivity contribution in [1.82, 2.24) is 4.98 Å². The predicted octanol–water partition coefficient (Wildman–Crippen LogP) is 7.24. The summed E-state index contributed by atoms with van der Waals surface area (Å²) in [5.41, 5.74) is 4.65. The normalized spacial score (nSPS) is 13.4. The Labute approximate surface area is 187 Å². The van der Waals surface area contributed by atoms with Crippen LogP contribution in [-0.2, 0) is 0 Å². The van der Waals surface area contributed by atoms with Gasteiger partial charge in [0.25, 0.3) is 0 Å². The largest absolute Gasteiger partial charge is 0.437 e. The lowest BCUT2D eigenvalue weighted by molar-refractivity contribution is 0.619. The molecule has 2 heterocycles. The molecule has 1 aliphatic rings. The van der Waals surface area contributed by atoms with Crippen molar-refractivity contribution in [2.24, 2.45) is 0 Å². The van der Waals surface area contributed by atoms with E-state index in [0.29, 0.717) is 5.71 Å². The maximum atomic E-state index is 5.97. The summed E-state index contributed by atoms with van der Waals surface area (Å²) in [6.45, 7) is 0. The van der Waals surface area contributed by atoms with Gasteiger partial charge in [0.05, 0.1) is 14.4 Å². The summed E-state index contributed by atoms with van der Waals surface area (Å²) in [4.78, 5) is 6.24. The van der Waals surface area contributed by atoms with Crippen LogP contribution in [-0.4, -0.2) is 14.7 Å². The summed E-state index contributed by atoms with van der Waals surface area (Å²) >= 11 is 13.1. The second-order valence-corrected chi connectivity index (χ2v) is 9.04. The summed E-state index contributed by atoms with van der Waals surface area (Å²) in [7, 11) is 0. The van der Waals surface area contributed by atoms with Gasteiger partial charge in [0.15, 0.2) is 0 Å². The molecule has 0 saturated carbocycles. The van der Waals surface area contributed by atoms with E-state index >= 15 is 0 Å². The van der Waals surface area contributed by atoms with E-state index in [0.717, 1.165) is 47.5 Å². The van der Waals surface area contributed by atoms with Crippen molar-refractivity contribution in [3.8, 4) is 11.3 Å². The monoisotopic (exact) mass is 439 g/mol. The van der Waals surface area contributed by atoms with Gasteiger partial charge in [-0.3, -0.25) is 0 Å². The zero-order chi connectivity index (χ0) is 20.2. The molecule has 0 amide bonds. The summed E-state index contributed by atoms with van der Waals surface area (Å²) < 4.78 is 6.98. The molecule has 5 aromatic rings. The molecule has 30 heavy (non-hydrogen) atoms. The molecule has 0 fully saturated rings. The van der Waals surface area contributed by atoms with Crippen LogP contribution in [0.15, 0.2) is 82.8 Å². The van der Waals surface area contributed by atoms with Crippen molar-refractivity contribution in [3.63, 3.8) is 0 Å². The highest BCUT2D eigenvalue weighted by molar-refractivity contribution is 7.84. The fraction of sp³-hybridized carbons (Fsp3) is 0. The highest BCUT2D eigenvalue weighted by atomic mass is 32.1. The number of nitrogens with zero attached hydrogens (tertiary/aromatic N) is 1. The van der Waals surface area contributed by atoms with Gasteiger partial charge in [-0.05, 0) is 29.0 Å². The van der Waals surface area contributed by atoms with Crippen LogP contribution in [0.2, 0.25) is 0 Å². The van der Waals surface area contributed by atoms with E-state index in [9.17, 15) is 0 Å². The smallest absolute Gasteiger partial charge is 0.238 e. The fourth-order valence-corrected chi connectivity index (χ4v) is 5.42. The zero-order valence-electron chi connectivity index (χ0n) is 15.6. The van der Waals surface area contributed by atoms with Gasteiger partial charge in [-0.1, -0.05) is 79.0 Å². The van der Waals surface area contributed by atoms with E-state index in [1.165, 1.54) is 10.8 Å². The van der Waals surface area contributed by atoms with Crippen LogP contribution in [0.4, 0.5) is 0 Å². The molecule has 142 valence electrons. The zero-order valence-corrected chi connectivity index (χ0v) is 18.0. The Morgan fingerprint density at radius 3 is 2.07 bits per heavy atom. The number of hydrogen-bond acceptors (Lipinski definition) is 5. The second kappa shape index (κ2) is 6.77. The maximum Gasteiger partial charge on any atom is 0.238 e. The number of hydrogen-bond donors (Lipinski definition) is 0. The Morgan fingerprint density at radius 2 is 1.43 bits per heavy atom. The Hall–Kier alpha value is -2.99. The van der Waals surface area contributed by atoms with E-state index < -0.39 is 0 Å². The first kappa shape index (κ1) is 17.8. The van der Waals surface area contributed by atoms with Gasteiger partial charge in [0.2, 0.25) is 5.71 Å². The van der Waals surface area contributed by atoms with Gasteiger partial charge in [-0.2, -0.15) is 0 Å².